The zero-order valence-electron chi connectivity index (χ0n) is 12.6. The molecule has 0 saturated heterocycles. The van der Waals surface area contributed by atoms with E-state index in [-0.39, 0.29) is 5.91 Å². The van der Waals surface area contributed by atoms with Crippen LogP contribution in [0.5, 0.6) is 0 Å². The topological polar surface area (TPSA) is 52.9 Å². The summed E-state index contributed by atoms with van der Waals surface area (Å²) in [7, 11) is 0. The Kier molecular flexibility index (Phi) is 3.85. The van der Waals surface area contributed by atoms with Crippen LogP contribution in [0.1, 0.15) is 20.8 Å². The molecule has 5 heteroatoms. The third kappa shape index (κ3) is 2.71. The van der Waals surface area contributed by atoms with Crippen LogP contribution < -0.4 is 5.32 Å². The van der Waals surface area contributed by atoms with Gasteiger partial charge >= 0.3 is 0 Å². The van der Waals surface area contributed by atoms with Gasteiger partial charge in [-0.3, -0.25) is 4.79 Å². The average Bonchev–Trinajstić information content (AvgIpc) is 3.07. The quantitative estimate of drug-likeness (QED) is 0.697. The van der Waals surface area contributed by atoms with Crippen LogP contribution in [-0.4, -0.2) is 5.91 Å². The van der Waals surface area contributed by atoms with Crippen molar-refractivity contribution in [3.05, 3.63) is 70.6 Å². The Bertz CT molecular complexity index is 985. The smallest absolute Gasteiger partial charge is 0.265 e. The van der Waals surface area contributed by atoms with Gasteiger partial charge in [-0.2, -0.15) is 5.26 Å². The lowest BCUT2D eigenvalue weighted by atomic mass is 10.1. The Hall–Kier alpha value is -2.55. The molecule has 1 amide bonds. The van der Waals surface area contributed by atoms with Crippen LogP contribution in [0.15, 0.2) is 59.5 Å². The zero-order valence-corrected chi connectivity index (χ0v) is 14.2. The van der Waals surface area contributed by atoms with Crippen LogP contribution in [0.4, 0.5) is 5.69 Å². The van der Waals surface area contributed by atoms with Gasteiger partial charge in [0, 0.05) is 26.8 Å². The highest BCUT2D eigenvalue weighted by molar-refractivity contribution is 7.98. The van der Waals surface area contributed by atoms with Gasteiger partial charge in [0.2, 0.25) is 0 Å². The van der Waals surface area contributed by atoms with E-state index in [1.807, 2.05) is 18.2 Å². The van der Waals surface area contributed by atoms with Crippen molar-refractivity contribution >= 4 is 34.7 Å². The number of hydrogen-bond donors (Lipinski definition) is 1. The molecular weight excluding hydrogens is 336 g/mol. The van der Waals surface area contributed by atoms with E-state index >= 15 is 0 Å². The molecule has 2 heterocycles. The number of hydrogen-bond acceptors (Lipinski definition) is 4. The molecule has 0 radical (unpaired) electrons. The highest BCUT2D eigenvalue weighted by Gasteiger charge is 2.21. The van der Waals surface area contributed by atoms with Crippen molar-refractivity contribution in [1.82, 2.24) is 0 Å². The Morgan fingerprint density at radius 2 is 2.00 bits per heavy atom. The highest BCUT2D eigenvalue weighted by atomic mass is 32.2. The number of thiophene rings is 1. The lowest BCUT2D eigenvalue weighted by Gasteiger charge is -2.14. The number of nitrogens with zero attached hydrogens (tertiary/aromatic N) is 1. The maximum atomic E-state index is 12.6. The number of benzene rings is 2. The largest absolute Gasteiger partial charge is 0.321 e. The van der Waals surface area contributed by atoms with Crippen molar-refractivity contribution < 1.29 is 4.79 Å². The van der Waals surface area contributed by atoms with E-state index in [1.165, 1.54) is 32.2 Å². The lowest BCUT2D eigenvalue weighted by Crippen LogP contribution is -2.10. The summed E-state index contributed by atoms with van der Waals surface area (Å²) in [4.78, 5) is 15.7. The summed E-state index contributed by atoms with van der Waals surface area (Å²) in [5.41, 5.74) is 3.59. The second-order valence-electron chi connectivity index (χ2n) is 5.40. The summed E-state index contributed by atoms with van der Waals surface area (Å²) >= 11 is 3.33. The van der Waals surface area contributed by atoms with Gasteiger partial charge in [0.05, 0.1) is 16.5 Å². The molecule has 1 aromatic heterocycles. The minimum atomic E-state index is -0.132. The second-order valence-corrected chi connectivity index (χ2v) is 7.47. The summed E-state index contributed by atoms with van der Waals surface area (Å²) in [6.45, 7) is 0. The molecule has 0 fully saturated rings. The summed E-state index contributed by atoms with van der Waals surface area (Å²) in [6.07, 6.45) is 0. The average molecular weight is 348 g/mol. The van der Waals surface area contributed by atoms with E-state index in [9.17, 15) is 4.79 Å². The molecule has 0 spiro atoms. The van der Waals surface area contributed by atoms with Crippen molar-refractivity contribution in [2.45, 2.75) is 10.6 Å². The SMILES string of the molecule is N#Cc1cccc(NC(=O)c2cc3c(s2)-c2ccccc2SC3)c1. The van der Waals surface area contributed by atoms with Crippen molar-refractivity contribution in [3.8, 4) is 16.5 Å². The molecule has 24 heavy (non-hydrogen) atoms. The molecule has 0 bridgehead atoms. The third-order valence-corrected chi connectivity index (χ3v) is 6.13. The minimum absolute atomic E-state index is 0.132. The van der Waals surface area contributed by atoms with E-state index in [4.69, 9.17) is 5.26 Å². The van der Waals surface area contributed by atoms with Crippen molar-refractivity contribution in [1.29, 1.82) is 5.26 Å². The fraction of sp³-hybridized carbons (Fsp3) is 0.0526. The van der Waals surface area contributed by atoms with Crippen molar-refractivity contribution in [2.75, 3.05) is 5.32 Å². The van der Waals surface area contributed by atoms with Gasteiger partial charge in [-0.05, 0) is 35.9 Å². The summed E-state index contributed by atoms with van der Waals surface area (Å²) in [5.74, 6) is 0.756. The van der Waals surface area contributed by atoms with Crippen LogP contribution in [0.2, 0.25) is 0 Å². The van der Waals surface area contributed by atoms with E-state index in [1.54, 1.807) is 36.0 Å². The molecule has 0 aliphatic carbocycles. The Morgan fingerprint density at radius 1 is 1.12 bits per heavy atom. The first-order chi connectivity index (χ1) is 11.7. The van der Waals surface area contributed by atoms with E-state index in [0.717, 1.165) is 5.75 Å². The van der Waals surface area contributed by atoms with Crippen LogP contribution in [-0.2, 0) is 5.75 Å². The molecule has 3 nitrogen and oxygen atoms in total. The first kappa shape index (κ1) is 15.0. The molecule has 0 atom stereocenters. The van der Waals surface area contributed by atoms with Gasteiger partial charge in [0.1, 0.15) is 0 Å². The summed E-state index contributed by atoms with van der Waals surface area (Å²) < 4.78 is 0. The lowest BCUT2D eigenvalue weighted by molar-refractivity contribution is 0.103. The Balaban J connectivity index is 1.63. The van der Waals surface area contributed by atoms with E-state index in [2.05, 4.69) is 23.5 Å². The third-order valence-electron chi connectivity index (χ3n) is 3.80. The first-order valence-electron chi connectivity index (χ1n) is 7.41. The molecule has 0 saturated carbocycles. The summed E-state index contributed by atoms with van der Waals surface area (Å²) in [6, 6.07) is 19.3. The maximum Gasteiger partial charge on any atom is 0.265 e. The molecule has 116 valence electrons. The van der Waals surface area contributed by atoms with Gasteiger partial charge in [0.25, 0.3) is 5.91 Å². The number of amides is 1. The van der Waals surface area contributed by atoms with Gasteiger partial charge in [-0.1, -0.05) is 24.3 Å². The van der Waals surface area contributed by atoms with Crippen LogP contribution in [0.25, 0.3) is 10.4 Å². The molecule has 1 aliphatic rings. The second kappa shape index (κ2) is 6.16. The number of rotatable bonds is 2. The predicted molar refractivity (Wildman–Crippen MR) is 98.4 cm³/mol. The molecule has 1 N–H and O–H groups in total. The number of thioether (sulfide) groups is 1. The van der Waals surface area contributed by atoms with Crippen molar-refractivity contribution in [3.63, 3.8) is 0 Å². The summed E-state index contributed by atoms with van der Waals surface area (Å²) in [5, 5.41) is 11.8. The molecule has 1 aliphatic heterocycles. The highest BCUT2D eigenvalue weighted by Crippen LogP contribution is 2.45. The Labute approximate surface area is 148 Å². The standard InChI is InChI=1S/C19H12N2OS2/c20-10-12-4-3-5-14(8-12)21-19(22)17-9-13-11-23-16-7-2-1-6-15(16)18(13)24-17/h1-9H,11H2,(H,21,22). The monoisotopic (exact) mass is 348 g/mol. The number of nitrogens with one attached hydrogen (secondary N) is 1. The molecule has 3 aromatic rings. The fourth-order valence-corrected chi connectivity index (χ4v) is 4.98. The predicted octanol–water partition coefficient (Wildman–Crippen LogP) is 5.14. The van der Waals surface area contributed by atoms with E-state index in [0.29, 0.717) is 16.1 Å². The van der Waals surface area contributed by atoms with Crippen LogP contribution in [0, 0.1) is 11.3 Å². The van der Waals surface area contributed by atoms with Gasteiger partial charge in [-0.15, -0.1) is 23.1 Å². The van der Waals surface area contributed by atoms with E-state index < -0.39 is 0 Å². The number of nitriles is 1. The molecular formula is C19H12N2OS2. The van der Waals surface area contributed by atoms with Gasteiger partial charge < -0.3 is 5.32 Å². The Morgan fingerprint density at radius 3 is 2.88 bits per heavy atom. The van der Waals surface area contributed by atoms with Crippen LogP contribution >= 0.6 is 23.1 Å². The minimum Gasteiger partial charge on any atom is -0.321 e. The normalized spacial score (nSPS) is 12.0. The number of fused-ring (bicyclic) bond motifs is 3. The molecule has 4 rings (SSSR count). The van der Waals surface area contributed by atoms with Gasteiger partial charge in [-0.25, -0.2) is 0 Å². The maximum absolute atomic E-state index is 12.6. The fourth-order valence-electron chi connectivity index (χ4n) is 2.67. The van der Waals surface area contributed by atoms with Crippen LogP contribution in [0.3, 0.4) is 0 Å². The molecule has 2 aromatic carbocycles. The van der Waals surface area contributed by atoms with Gasteiger partial charge in [0.15, 0.2) is 0 Å². The number of carbonyl (C=O) groups excluding carboxylic acids is 1. The first-order valence-corrected chi connectivity index (χ1v) is 9.21. The molecule has 0 unspecified atom stereocenters. The zero-order chi connectivity index (χ0) is 16.5. The van der Waals surface area contributed by atoms with Crippen molar-refractivity contribution in [2.24, 2.45) is 0 Å². The number of carbonyl (C=O) groups is 1. The number of anilines is 1.